The number of carbonyl (C=O) groups is 1. The van der Waals surface area contributed by atoms with Gasteiger partial charge in [0.25, 0.3) is 5.91 Å². The van der Waals surface area contributed by atoms with Gasteiger partial charge < -0.3 is 10.2 Å². The van der Waals surface area contributed by atoms with Gasteiger partial charge in [-0.05, 0) is 37.8 Å². The second-order valence-electron chi connectivity index (χ2n) is 5.45. The summed E-state index contributed by atoms with van der Waals surface area (Å²) in [6.07, 6.45) is 6.26. The number of halogens is 1. The van der Waals surface area contributed by atoms with E-state index in [9.17, 15) is 9.18 Å². The quantitative estimate of drug-likeness (QED) is 0.894. The molecule has 1 aliphatic heterocycles. The van der Waals surface area contributed by atoms with Crippen LogP contribution >= 0.6 is 0 Å². The molecule has 1 aromatic heterocycles. The van der Waals surface area contributed by atoms with Crippen molar-refractivity contribution in [3.63, 3.8) is 0 Å². The molecule has 19 heavy (non-hydrogen) atoms. The van der Waals surface area contributed by atoms with E-state index in [0.717, 1.165) is 31.7 Å². The average Bonchev–Trinajstić information content (AvgIpc) is 3.16. The predicted molar refractivity (Wildman–Crippen MR) is 69.2 cm³/mol. The number of likely N-dealkylation sites (tertiary alicyclic amines) is 1. The molecule has 1 aliphatic carbocycles. The van der Waals surface area contributed by atoms with Gasteiger partial charge in [-0.15, -0.1) is 0 Å². The zero-order chi connectivity index (χ0) is 13.2. The molecule has 102 valence electrons. The molecule has 2 heterocycles. The molecular formula is C14H18FN3O. The van der Waals surface area contributed by atoms with Crippen molar-refractivity contribution in [3.8, 4) is 0 Å². The Hall–Kier alpha value is -1.49. The highest BCUT2D eigenvalue weighted by Gasteiger charge is 2.34. The smallest absolute Gasteiger partial charge is 0.254 e. The minimum Gasteiger partial charge on any atom is -0.352 e. The molecule has 0 radical (unpaired) electrons. The van der Waals surface area contributed by atoms with Crippen LogP contribution in [0.2, 0.25) is 0 Å². The Morgan fingerprint density at radius 2 is 2.32 bits per heavy atom. The van der Waals surface area contributed by atoms with Crippen LogP contribution < -0.4 is 5.32 Å². The second kappa shape index (κ2) is 5.25. The SMILES string of the molecule is O=C(NCC1CCN(C2CC2)C1)c1ccncc1F. The maximum absolute atomic E-state index is 13.4. The van der Waals surface area contributed by atoms with Crippen molar-refractivity contribution in [2.24, 2.45) is 5.92 Å². The molecule has 0 bridgehead atoms. The minimum absolute atomic E-state index is 0.0760. The van der Waals surface area contributed by atoms with Crippen LogP contribution in [-0.4, -0.2) is 41.5 Å². The van der Waals surface area contributed by atoms with Crippen molar-refractivity contribution in [3.05, 3.63) is 29.8 Å². The van der Waals surface area contributed by atoms with E-state index in [0.29, 0.717) is 12.5 Å². The molecule has 1 amide bonds. The molecule has 4 nitrogen and oxygen atoms in total. The molecule has 1 saturated carbocycles. The minimum atomic E-state index is -0.564. The third-order valence-electron chi connectivity index (χ3n) is 3.95. The summed E-state index contributed by atoms with van der Waals surface area (Å²) in [6, 6.07) is 2.20. The van der Waals surface area contributed by atoms with Gasteiger partial charge in [0.2, 0.25) is 0 Å². The van der Waals surface area contributed by atoms with E-state index in [-0.39, 0.29) is 11.5 Å². The van der Waals surface area contributed by atoms with Crippen LogP contribution in [0.4, 0.5) is 4.39 Å². The Balaban J connectivity index is 1.50. The van der Waals surface area contributed by atoms with Crippen LogP contribution in [0.25, 0.3) is 0 Å². The summed E-state index contributed by atoms with van der Waals surface area (Å²) in [5.41, 5.74) is 0.0760. The standard InChI is InChI=1S/C14H18FN3O/c15-13-8-16-5-3-12(13)14(19)17-7-10-4-6-18(9-10)11-1-2-11/h3,5,8,10-11H,1-2,4,6-7,9H2,(H,17,19). The largest absolute Gasteiger partial charge is 0.352 e. The van der Waals surface area contributed by atoms with Gasteiger partial charge in [0, 0.05) is 25.3 Å². The fraction of sp³-hybridized carbons (Fsp3) is 0.571. The number of hydrogen-bond acceptors (Lipinski definition) is 3. The average molecular weight is 263 g/mol. The molecule has 0 spiro atoms. The molecule has 1 saturated heterocycles. The number of amides is 1. The van der Waals surface area contributed by atoms with Gasteiger partial charge in [-0.2, -0.15) is 0 Å². The third-order valence-corrected chi connectivity index (χ3v) is 3.95. The molecule has 5 heteroatoms. The second-order valence-corrected chi connectivity index (χ2v) is 5.45. The Kier molecular flexibility index (Phi) is 3.46. The van der Waals surface area contributed by atoms with Crippen LogP contribution in [-0.2, 0) is 0 Å². The molecule has 2 fully saturated rings. The third kappa shape index (κ3) is 2.92. The van der Waals surface area contributed by atoms with E-state index in [1.54, 1.807) is 0 Å². The maximum Gasteiger partial charge on any atom is 0.254 e. The van der Waals surface area contributed by atoms with Crippen LogP contribution in [0.1, 0.15) is 29.6 Å². The summed E-state index contributed by atoms with van der Waals surface area (Å²) in [7, 11) is 0. The number of nitrogens with zero attached hydrogens (tertiary/aromatic N) is 2. The number of aromatic nitrogens is 1. The van der Waals surface area contributed by atoms with Crippen molar-refractivity contribution in [2.45, 2.75) is 25.3 Å². The molecule has 1 atom stereocenters. The number of carbonyl (C=O) groups excluding carboxylic acids is 1. The Bertz CT molecular complexity index is 476. The predicted octanol–water partition coefficient (Wildman–Crippen LogP) is 1.43. The fourth-order valence-electron chi connectivity index (χ4n) is 2.69. The van der Waals surface area contributed by atoms with E-state index in [1.807, 2.05) is 0 Å². The topological polar surface area (TPSA) is 45.2 Å². The maximum atomic E-state index is 13.4. The first-order valence-electron chi connectivity index (χ1n) is 6.86. The number of pyridine rings is 1. The first kappa shape index (κ1) is 12.5. The van der Waals surface area contributed by atoms with E-state index in [2.05, 4.69) is 15.2 Å². The summed E-state index contributed by atoms with van der Waals surface area (Å²) in [5, 5.41) is 2.83. The molecule has 1 N–H and O–H groups in total. The monoisotopic (exact) mass is 263 g/mol. The van der Waals surface area contributed by atoms with Gasteiger partial charge in [0.15, 0.2) is 5.82 Å². The summed E-state index contributed by atoms with van der Waals surface area (Å²) in [4.78, 5) is 18.0. The summed E-state index contributed by atoms with van der Waals surface area (Å²) in [6.45, 7) is 2.82. The van der Waals surface area contributed by atoms with Crippen LogP contribution in [0.5, 0.6) is 0 Å². The fourth-order valence-corrected chi connectivity index (χ4v) is 2.69. The van der Waals surface area contributed by atoms with E-state index in [1.165, 1.54) is 25.1 Å². The highest BCUT2D eigenvalue weighted by atomic mass is 19.1. The number of hydrogen-bond donors (Lipinski definition) is 1. The molecule has 1 aromatic rings. The lowest BCUT2D eigenvalue weighted by Crippen LogP contribution is -2.32. The van der Waals surface area contributed by atoms with Crippen molar-refractivity contribution in [1.82, 2.24) is 15.2 Å². The van der Waals surface area contributed by atoms with E-state index >= 15 is 0 Å². The highest BCUT2D eigenvalue weighted by Crippen LogP contribution is 2.31. The van der Waals surface area contributed by atoms with Gasteiger partial charge in [0.1, 0.15) is 0 Å². The molecule has 1 unspecified atom stereocenters. The van der Waals surface area contributed by atoms with Gasteiger partial charge in [-0.25, -0.2) is 4.39 Å². The summed E-state index contributed by atoms with van der Waals surface area (Å²) in [5.74, 6) is -0.412. The van der Waals surface area contributed by atoms with Crippen LogP contribution in [0.15, 0.2) is 18.5 Å². The summed E-state index contributed by atoms with van der Waals surface area (Å²) < 4.78 is 13.4. The molecular weight excluding hydrogens is 245 g/mol. The number of rotatable bonds is 4. The van der Waals surface area contributed by atoms with Crippen molar-refractivity contribution in [2.75, 3.05) is 19.6 Å². The van der Waals surface area contributed by atoms with Crippen molar-refractivity contribution >= 4 is 5.91 Å². The first-order chi connectivity index (χ1) is 9.24. The van der Waals surface area contributed by atoms with Gasteiger partial charge >= 0.3 is 0 Å². The molecule has 3 rings (SSSR count). The Labute approximate surface area is 112 Å². The zero-order valence-electron chi connectivity index (χ0n) is 10.8. The zero-order valence-corrected chi connectivity index (χ0v) is 10.8. The van der Waals surface area contributed by atoms with Crippen molar-refractivity contribution in [1.29, 1.82) is 0 Å². The lowest BCUT2D eigenvalue weighted by atomic mass is 10.1. The highest BCUT2D eigenvalue weighted by molar-refractivity contribution is 5.94. The van der Waals surface area contributed by atoms with Crippen LogP contribution in [0, 0.1) is 11.7 Å². The summed E-state index contributed by atoms with van der Waals surface area (Å²) >= 11 is 0. The van der Waals surface area contributed by atoms with E-state index in [4.69, 9.17) is 0 Å². The lowest BCUT2D eigenvalue weighted by Gasteiger charge is -2.15. The van der Waals surface area contributed by atoms with Crippen LogP contribution in [0.3, 0.4) is 0 Å². The van der Waals surface area contributed by atoms with Gasteiger partial charge in [0.05, 0.1) is 11.8 Å². The molecule has 0 aromatic carbocycles. The normalized spacial score (nSPS) is 23.5. The Morgan fingerprint density at radius 3 is 3.05 bits per heavy atom. The Morgan fingerprint density at radius 1 is 1.47 bits per heavy atom. The first-order valence-corrected chi connectivity index (χ1v) is 6.86. The van der Waals surface area contributed by atoms with E-state index < -0.39 is 5.82 Å². The van der Waals surface area contributed by atoms with Gasteiger partial charge in [-0.3, -0.25) is 9.78 Å². The lowest BCUT2D eigenvalue weighted by molar-refractivity contribution is 0.0943. The number of nitrogens with one attached hydrogen (secondary N) is 1. The van der Waals surface area contributed by atoms with Crippen molar-refractivity contribution < 1.29 is 9.18 Å². The molecule has 2 aliphatic rings. The van der Waals surface area contributed by atoms with Gasteiger partial charge in [-0.1, -0.05) is 0 Å².